The zero-order valence-electron chi connectivity index (χ0n) is 13.0. The summed E-state index contributed by atoms with van der Waals surface area (Å²) < 4.78 is 9.50. The van der Waals surface area contributed by atoms with E-state index >= 15 is 0 Å². The number of ether oxygens (including phenoxy) is 2. The molecular formula is C15H21N3O6. The van der Waals surface area contributed by atoms with Crippen molar-refractivity contribution in [3.63, 3.8) is 0 Å². The van der Waals surface area contributed by atoms with E-state index in [-0.39, 0.29) is 6.42 Å². The number of rotatable bonds is 9. The van der Waals surface area contributed by atoms with Gasteiger partial charge in [0.15, 0.2) is 0 Å². The third-order valence-electron chi connectivity index (χ3n) is 3.03. The SMILES string of the molecule is N[C@@H](COC(=O)[C@@H](N)COC(=O)[C@@H](N)Cc1ccccc1)C(=O)O. The first-order chi connectivity index (χ1) is 11.3. The minimum atomic E-state index is -1.34. The van der Waals surface area contributed by atoms with Gasteiger partial charge in [0.2, 0.25) is 0 Å². The Hall–Kier alpha value is -2.49. The van der Waals surface area contributed by atoms with Crippen LogP contribution in [0.2, 0.25) is 0 Å². The summed E-state index contributed by atoms with van der Waals surface area (Å²) in [6.07, 6.45) is 0.285. The van der Waals surface area contributed by atoms with Gasteiger partial charge in [0.05, 0.1) is 0 Å². The van der Waals surface area contributed by atoms with Gasteiger partial charge in [-0.05, 0) is 12.0 Å². The quantitative estimate of drug-likeness (QED) is 0.386. The van der Waals surface area contributed by atoms with Crippen LogP contribution in [0.15, 0.2) is 30.3 Å². The van der Waals surface area contributed by atoms with Gasteiger partial charge in [0.1, 0.15) is 31.3 Å². The van der Waals surface area contributed by atoms with Crippen molar-refractivity contribution in [2.45, 2.75) is 24.5 Å². The third-order valence-corrected chi connectivity index (χ3v) is 3.03. The highest BCUT2D eigenvalue weighted by atomic mass is 16.6. The fourth-order valence-corrected chi connectivity index (χ4v) is 1.65. The van der Waals surface area contributed by atoms with Crippen LogP contribution in [0.5, 0.6) is 0 Å². The first-order valence-corrected chi connectivity index (χ1v) is 7.18. The Labute approximate surface area is 138 Å². The molecule has 0 aliphatic rings. The molecule has 1 rings (SSSR count). The van der Waals surface area contributed by atoms with Crippen molar-refractivity contribution in [1.82, 2.24) is 0 Å². The van der Waals surface area contributed by atoms with Gasteiger partial charge in [-0.25, -0.2) is 0 Å². The molecule has 0 radical (unpaired) electrons. The molecule has 0 bridgehead atoms. The minimum Gasteiger partial charge on any atom is -0.480 e. The Morgan fingerprint density at radius 1 is 0.875 bits per heavy atom. The number of carboxylic acids is 1. The Morgan fingerprint density at radius 2 is 1.38 bits per heavy atom. The van der Waals surface area contributed by atoms with Crippen molar-refractivity contribution in [1.29, 1.82) is 0 Å². The molecule has 9 nitrogen and oxygen atoms in total. The molecule has 0 saturated carbocycles. The second kappa shape index (κ2) is 9.60. The highest BCUT2D eigenvalue weighted by Gasteiger charge is 2.22. The number of benzene rings is 1. The van der Waals surface area contributed by atoms with E-state index in [1.807, 2.05) is 30.3 Å². The van der Waals surface area contributed by atoms with Crippen molar-refractivity contribution in [2.24, 2.45) is 17.2 Å². The number of hydrogen-bond donors (Lipinski definition) is 4. The van der Waals surface area contributed by atoms with Crippen LogP contribution in [0, 0.1) is 0 Å². The number of nitrogens with two attached hydrogens (primary N) is 3. The molecule has 0 fully saturated rings. The molecule has 1 aromatic carbocycles. The minimum absolute atomic E-state index is 0.285. The Balaban J connectivity index is 2.34. The van der Waals surface area contributed by atoms with Crippen LogP contribution >= 0.6 is 0 Å². The normalized spacial score (nSPS) is 14.3. The van der Waals surface area contributed by atoms with Crippen molar-refractivity contribution in [3.8, 4) is 0 Å². The summed E-state index contributed by atoms with van der Waals surface area (Å²) in [6.45, 7) is -0.953. The predicted octanol–water partition coefficient (Wildman–Crippen LogP) is -1.62. The summed E-state index contributed by atoms with van der Waals surface area (Å²) in [4.78, 5) is 33.8. The fourth-order valence-electron chi connectivity index (χ4n) is 1.65. The predicted molar refractivity (Wildman–Crippen MR) is 83.6 cm³/mol. The Morgan fingerprint density at radius 3 is 1.92 bits per heavy atom. The maximum Gasteiger partial charge on any atom is 0.326 e. The van der Waals surface area contributed by atoms with E-state index in [1.54, 1.807) is 0 Å². The van der Waals surface area contributed by atoms with Crippen LogP contribution in [0.1, 0.15) is 5.56 Å². The second-order valence-electron chi connectivity index (χ2n) is 5.11. The summed E-state index contributed by atoms with van der Waals surface area (Å²) >= 11 is 0. The van der Waals surface area contributed by atoms with Gasteiger partial charge in [-0.15, -0.1) is 0 Å². The maximum absolute atomic E-state index is 11.8. The molecule has 24 heavy (non-hydrogen) atoms. The zero-order chi connectivity index (χ0) is 18.1. The van der Waals surface area contributed by atoms with E-state index in [1.165, 1.54) is 0 Å². The summed E-state index contributed by atoms with van der Waals surface area (Å²) in [5, 5.41) is 8.56. The van der Waals surface area contributed by atoms with Crippen LogP contribution in [0.4, 0.5) is 0 Å². The van der Waals surface area contributed by atoms with Gasteiger partial charge in [-0.2, -0.15) is 0 Å². The van der Waals surface area contributed by atoms with Gasteiger partial charge in [-0.3, -0.25) is 14.4 Å². The first kappa shape index (κ1) is 19.6. The molecule has 7 N–H and O–H groups in total. The van der Waals surface area contributed by atoms with Gasteiger partial charge in [0.25, 0.3) is 0 Å². The number of carbonyl (C=O) groups excluding carboxylic acids is 2. The van der Waals surface area contributed by atoms with E-state index in [4.69, 9.17) is 27.0 Å². The average Bonchev–Trinajstić information content (AvgIpc) is 2.57. The lowest BCUT2D eigenvalue weighted by Crippen LogP contribution is -2.43. The van der Waals surface area contributed by atoms with Crippen LogP contribution < -0.4 is 17.2 Å². The number of carboxylic acid groups (broad SMARTS) is 1. The molecule has 3 atom stereocenters. The lowest BCUT2D eigenvalue weighted by Gasteiger charge is -2.15. The zero-order valence-corrected chi connectivity index (χ0v) is 13.0. The molecular weight excluding hydrogens is 318 g/mol. The van der Waals surface area contributed by atoms with Crippen molar-refractivity contribution in [3.05, 3.63) is 35.9 Å². The molecule has 1 aromatic rings. The second-order valence-corrected chi connectivity index (χ2v) is 5.11. The molecule has 9 heteroatoms. The van der Waals surface area contributed by atoms with Crippen LogP contribution in [0.3, 0.4) is 0 Å². The highest BCUT2D eigenvalue weighted by Crippen LogP contribution is 2.03. The largest absolute Gasteiger partial charge is 0.480 e. The van der Waals surface area contributed by atoms with Gasteiger partial charge in [0, 0.05) is 0 Å². The van der Waals surface area contributed by atoms with Crippen molar-refractivity contribution >= 4 is 17.9 Å². The number of hydrogen-bond acceptors (Lipinski definition) is 8. The molecule has 0 saturated heterocycles. The van der Waals surface area contributed by atoms with Crippen molar-refractivity contribution in [2.75, 3.05) is 13.2 Å². The third kappa shape index (κ3) is 6.73. The lowest BCUT2D eigenvalue weighted by molar-refractivity contribution is -0.153. The Bertz CT molecular complexity index is 566. The molecule has 0 amide bonds. The molecule has 0 aliphatic heterocycles. The smallest absolute Gasteiger partial charge is 0.326 e. The van der Waals surface area contributed by atoms with Crippen LogP contribution in [-0.2, 0) is 30.3 Å². The highest BCUT2D eigenvalue weighted by molar-refractivity contribution is 5.79. The van der Waals surface area contributed by atoms with E-state index < -0.39 is 49.2 Å². The summed E-state index contributed by atoms with van der Waals surface area (Å²) in [5.74, 6) is -2.94. The van der Waals surface area contributed by atoms with Gasteiger partial charge in [-0.1, -0.05) is 30.3 Å². The molecule has 0 heterocycles. The van der Waals surface area contributed by atoms with Gasteiger partial charge >= 0.3 is 17.9 Å². The molecule has 0 unspecified atom stereocenters. The maximum atomic E-state index is 11.8. The van der Waals surface area contributed by atoms with Crippen molar-refractivity contribution < 1.29 is 29.0 Å². The first-order valence-electron chi connectivity index (χ1n) is 7.18. The van der Waals surface area contributed by atoms with Gasteiger partial charge < -0.3 is 31.8 Å². The topological polar surface area (TPSA) is 168 Å². The monoisotopic (exact) mass is 339 g/mol. The lowest BCUT2D eigenvalue weighted by atomic mass is 10.1. The molecule has 0 aromatic heterocycles. The van der Waals surface area contributed by atoms with E-state index in [2.05, 4.69) is 4.74 Å². The Kier molecular flexibility index (Phi) is 7.83. The standard InChI is InChI=1S/C15H21N3O6/c16-10(6-9-4-2-1-3-5-9)14(21)24-8-12(18)15(22)23-7-11(17)13(19)20/h1-5,10-12H,6-8,16-18H2,(H,19,20)/t10-,11-,12-/m0/s1. The van der Waals surface area contributed by atoms with E-state index in [0.29, 0.717) is 0 Å². The van der Waals surface area contributed by atoms with Crippen LogP contribution in [0.25, 0.3) is 0 Å². The van der Waals surface area contributed by atoms with E-state index in [9.17, 15) is 14.4 Å². The fraction of sp³-hybridized carbons (Fsp3) is 0.400. The number of esters is 2. The summed E-state index contributed by atoms with van der Waals surface area (Å²) in [7, 11) is 0. The number of carbonyl (C=O) groups is 3. The molecule has 132 valence electrons. The summed E-state index contributed by atoms with van der Waals surface area (Å²) in [6, 6.07) is 5.64. The van der Waals surface area contributed by atoms with Crippen LogP contribution in [-0.4, -0.2) is 54.4 Å². The summed E-state index contributed by atoms with van der Waals surface area (Å²) in [5.41, 5.74) is 17.3. The van der Waals surface area contributed by atoms with E-state index in [0.717, 1.165) is 5.56 Å². The number of aliphatic carboxylic acids is 1. The molecule has 0 aliphatic carbocycles. The average molecular weight is 339 g/mol. The molecule has 0 spiro atoms.